The lowest BCUT2D eigenvalue weighted by Crippen LogP contribution is -2.40. The van der Waals surface area contributed by atoms with Crippen LogP contribution in [0.2, 0.25) is 0 Å². The fourth-order valence-corrected chi connectivity index (χ4v) is 6.23. The number of halogens is 2. The predicted molar refractivity (Wildman–Crippen MR) is 123 cm³/mol. The Morgan fingerprint density at radius 3 is 2.74 bits per heavy atom. The monoisotopic (exact) mass is 466 g/mol. The van der Waals surface area contributed by atoms with E-state index < -0.39 is 16.8 Å². The van der Waals surface area contributed by atoms with E-state index in [4.69, 9.17) is 4.74 Å². The van der Waals surface area contributed by atoms with Crippen LogP contribution in [-0.2, 0) is 0 Å². The van der Waals surface area contributed by atoms with E-state index in [0.717, 1.165) is 45.3 Å². The zero-order valence-electron chi connectivity index (χ0n) is 17.1. The average molecular weight is 467 g/mol. The molecule has 0 amide bonds. The summed E-state index contributed by atoms with van der Waals surface area (Å²) in [5.74, 6) is 0.417. The van der Waals surface area contributed by atoms with Gasteiger partial charge in [0.05, 0.1) is 18.0 Å². The number of H-pyrrole nitrogens is 1. The van der Waals surface area contributed by atoms with E-state index in [1.54, 1.807) is 0 Å². The number of aromatic amines is 1. The third-order valence-corrected chi connectivity index (χ3v) is 7.71. The quantitative estimate of drug-likeness (QED) is 0.620. The molecule has 6 rings (SSSR count). The van der Waals surface area contributed by atoms with Crippen molar-refractivity contribution in [3.05, 3.63) is 32.5 Å². The highest BCUT2D eigenvalue weighted by atomic mass is 35.5. The number of pyridine rings is 1. The number of ether oxygens (including phenoxy) is 1. The van der Waals surface area contributed by atoms with Gasteiger partial charge >= 0.3 is 0 Å². The van der Waals surface area contributed by atoms with Gasteiger partial charge < -0.3 is 19.5 Å². The van der Waals surface area contributed by atoms with Crippen LogP contribution >= 0.6 is 23.9 Å². The van der Waals surface area contributed by atoms with Gasteiger partial charge in [0.1, 0.15) is 15.9 Å². The van der Waals surface area contributed by atoms with Crippen LogP contribution in [0.25, 0.3) is 21.1 Å². The average Bonchev–Trinajstić information content (AvgIpc) is 3.37. The van der Waals surface area contributed by atoms with Crippen molar-refractivity contribution < 1.29 is 9.13 Å². The maximum atomic E-state index is 15.5. The topological polar surface area (TPSA) is 79.4 Å². The number of fused-ring (bicyclic) bond motifs is 3. The summed E-state index contributed by atoms with van der Waals surface area (Å²) >= 11 is 1.17. The van der Waals surface area contributed by atoms with Gasteiger partial charge in [0, 0.05) is 25.2 Å². The second-order valence-corrected chi connectivity index (χ2v) is 9.44. The molecule has 7 nitrogen and oxygen atoms in total. The Hall–Kier alpha value is -2.10. The van der Waals surface area contributed by atoms with Crippen LogP contribution < -0.4 is 25.9 Å². The molecule has 0 spiro atoms. The van der Waals surface area contributed by atoms with Crippen LogP contribution in [0.3, 0.4) is 0 Å². The normalized spacial score (nSPS) is 23.2. The van der Waals surface area contributed by atoms with Crippen molar-refractivity contribution in [3.63, 3.8) is 0 Å². The number of piperidine rings is 1. The van der Waals surface area contributed by atoms with Crippen LogP contribution in [0.15, 0.2) is 15.7 Å². The summed E-state index contributed by atoms with van der Waals surface area (Å²) in [5.41, 5.74) is 0.193. The Kier molecular flexibility index (Phi) is 5.02. The van der Waals surface area contributed by atoms with Crippen molar-refractivity contribution >= 4 is 50.7 Å². The summed E-state index contributed by atoms with van der Waals surface area (Å²) in [6, 6.07) is 1.85. The minimum atomic E-state index is -0.469. The molecule has 1 saturated carbocycles. The van der Waals surface area contributed by atoms with Crippen LogP contribution in [0.4, 0.5) is 10.1 Å². The molecule has 1 aliphatic carbocycles. The molecule has 31 heavy (non-hydrogen) atoms. The van der Waals surface area contributed by atoms with Gasteiger partial charge in [-0.05, 0) is 55.7 Å². The molecule has 0 bridgehead atoms. The van der Waals surface area contributed by atoms with E-state index in [2.05, 4.69) is 14.6 Å². The molecule has 2 unspecified atom stereocenters. The first kappa shape index (κ1) is 20.8. The number of methoxy groups -OCH3 is 1. The zero-order chi connectivity index (χ0) is 20.6. The number of benzene rings is 1. The van der Waals surface area contributed by atoms with Crippen LogP contribution in [0.5, 0.6) is 5.75 Å². The Bertz CT molecular complexity index is 1280. The van der Waals surface area contributed by atoms with Crippen LogP contribution in [-0.4, -0.2) is 41.7 Å². The third kappa shape index (κ3) is 3.01. The standard InChI is InChI=1S/C21H23FN4O3S.ClH/c1-29-19-16-12(18(27)15-20(28)24-30-21(15)26(16)11-4-5-11)7-13(22)17(19)25-8-10-3-2-6-23-14(10)9-25;/h7,10-11,14,23H,2-6,8-9H2,1H3,(H,24,28);1H. The fraction of sp³-hybridized carbons (Fsp3) is 0.524. The molecule has 3 fully saturated rings. The molecule has 4 heterocycles. The lowest BCUT2D eigenvalue weighted by atomic mass is 9.94. The van der Waals surface area contributed by atoms with E-state index in [9.17, 15) is 9.59 Å². The first-order valence-electron chi connectivity index (χ1n) is 10.5. The highest BCUT2D eigenvalue weighted by molar-refractivity contribution is 7.12. The van der Waals surface area contributed by atoms with Gasteiger partial charge in [-0.1, -0.05) is 0 Å². The number of nitrogens with one attached hydrogen (secondary N) is 2. The minimum absolute atomic E-state index is 0. The Morgan fingerprint density at radius 2 is 2.03 bits per heavy atom. The molecule has 1 aromatic carbocycles. The second-order valence-electron chi connectivity index (χ2n) is 8.65. The molecule has 3 aliphatic rings. The highest BCUT2D eigenvalue weighted by Crippen LogP contribution is 2.46. The third-order valence-electron chi connectivity index (χ3n) is 6.83. The second kappa shape index (κ2) is 7.50. The van der Waals surface area contributed by atoms with Crippen molar-refractivity contribution in [3.8, 4) is 5.75 Å². The van der Waals surface area contributed by atoms with Crippen molar-refractivity contribution in [2.75, 3.05) is 31.6 Å². The van der Waals surface area contributed by atoms with Crippen molar-refractivity contribution in [2.45, 2.75) is 37.8 Å². The minimum Gasteiger partial charge on any atom is -0.492 e. The lowest BCUT2D eigenvalue weighted by Gasteiger charge is -2.25. The van der Waals surface area contributed by atoms with Gasteiger partial charge in [-0.3, -0.25) is 14.0 Å². The summed E-state index contributed by atoms with van der Waals surface area (Å²) in [7, 11) is 1.53. The molecule has 3 aromatic rings. The van der Waals surface area contributed by atoms with E-state index in [1.165, 1.54) is 24.7 Å². The Balaban J connectivity index is 0.00000204. The molecular weight excluding hydrogens is 443 g/mol. The van der Waals surface area contributed by atoms with Gasteiger partial charge in [-0.2, -0.15) is 0 Å². The summed E-state index contributed by atoms with van der Waals surface area (Å²) in [4.78, 5) is 28.1. The maximum absolute atomic E-state index is 15.5. The first-order chi connectivity index (χ1) is 14.6. The molecule has 0 radical (unpaired) electrons. The highest BCUT2D eigenvalue weighted by Gasteiger charge is 2.38. The van der Waals surface area contributed by atoms with Crippen molar-refractivity contribution in [1.82, 2.24) is 14.3 Å². The molecule has 2 N–H and O–H groups in total. The number of aromatic nitrogens is 2. The number of rotatable bonds is 3. The Labute approximate surface area is 187 Å². The molecule has 2 atom stereocenters. The van der Waals surface area contributed by atoms with Gasteiger partial charge in [0.25, 0.3) is 5.56 Å². The predicted octanol–water partition coefficient (Wildman–Crippen LogP) is 3.00. The number of hydrogen-bond acceptors (Lipinski definition) is 6. The fourth-order valence-electron chi connectivity index (χ4n) is 5.32. The zero-order valence-corrected chi connectivity index (χ0v) is 18.7. The summed E-state index contributed by atoms with van der Waals surface area (Å²) in [5, 5.41) is 3.88. The van der Waals surface area contributed by atoms with Gasteiger partial charge in [0.2, 0.25) is 5.43 Å². The van der Waals surface area contributed by atoms with Gasteiger partial charge in [-0.25, -0.2) is 4.39 Å². The number of anilines is 1. The summed E-state index contributed by atoms with van der Waals surface area (Å²) in [6.45, 7) is 2.48. The van der Waals surface area contributed by atoms with Gasteiger partial charge in [-0.15, -0.1) is 12.4 Å². The van der Waals surface area contributed by atoms with Crippen LogP contribution in [0.1, 0.15) is 31.7 Å². The SMILES string of the molecule is COc1c(N2CC3CCCNC3C2)c(F)cc2c(=O)c3c(=O)[nH]sc3n(C3CC3)c12.Cl. The number of nitrogens with zero attached hydrogens (tertiary/aromatic N) is 2. The first-order valence-corrected chi connectivity index (χ1v) is 11.3. The van der Waals surface area contributed by atoms with Crippen molar-refractivity contribution in [2.24, 2.45) is 5.92 Å². The summed E-state index contributed by atoms with van der Waals surface area (Å²) in [6.07, 6.45) is 4.20. The largest absolute Gasteiger partial charge is 0.492 e. The molecule has 2 aliphatic heterocycles. The Morgan fingerprint density at radius 1 is 1.23 bits per heavy atom. The van der Waals surface area contributed by atoms with Crippen molar-refractivity contribution in [1.29, 1.82) is 0 Å². The van der Waals surface area contributed by atoms with Gasteiger partial charge in [0.15, 0.2) is 11.6 Å². The lowest BCUT2D eigenvalue weighted by molar-refractivity contribution is 0.340. The van der Waals surface area contributed by atoms with E-state index in [-0.39, 0.29) is 29.2 Å². The molecule has 2 aromatic heterocycles. The smallest absolute Gasteiger partial charge is 0.271 e. The molecule has 10 heteroatoms. The van der Waals surface area contributed by atoms with E-state index in [1.807, 2.05) is 4.57 Å². The van der Waals surface area contributed by atoms with E-state index >= 15 is 4.39 Å². The maximum Gasteiger partial charge on any atom is 0.271 e. The summed E-state index contributed by atoms with van der Waals surface area (Å²) < 4.78 is 26.0. The van der Waals surface area contributed by atoms with E-state index in [0.29, 0.717) is 33.7 Å². The molecular formula is C21H24ClFN4O3S. The molecule has 2 saturated heterocycles. The number of hydrogen-bond donors (Lipinski definition) is 2. The van der Waals surface area contributed by atoms with Crippen LogP contribution in [0, 0.1) is 11.7 Å². The molecule has 166 valence electrons.